The molecule has 5 nitrogen and oxygen atoms in total. The lowest BCUT2D eigenvalue weighted by Crippen LogP contribution is -2.40. The number of rotatable bonds is 5. The van der Waals surface area contributed by atoms with E-state index in [4.69, 9.17) is 0 Å². The summed E-state index contributed by atoms with van der Waals surface area (Å²) >= 11 is 0. The number of anilines is 1. The van der Waals surface area contributed by atoms with Gasteiger partial charge in [0.15, 0.2) is 9.84 Å². The highest BCUT2D eigenvalue weighted by molar-refractivity contribution is 7.90. The summed E-state index contributed by atoms with van der Waals surface area (Å²) in [5, 5.41) is 3.36. The smallest absolute Gasteiger partial charge is 0.179 e. The lowest BCUT2D eigenvalue weighted by atomic mass is 9.97. The van der Waals surface area contributed by atoms with Crippen LogP contribution in [-0.2, 0) is 9.84 Å². The van der Waals surface area contributed by atoms with E-state index in [1.165, 1.54) is 6.26 Å². The molecule has 0 radical (unpaired) electrons. The van der Waals surface area contributed by atoms with Crippen molar-refractivity contribution in [3.8, 4) is 0 Å². The molecule has 1 fully saturated rings. The summed E-state index contributed by atoms with van der Waals surface area (Å²) in [6, 6.07) is 3.55. The summed E-state index contributed by atoms with van der Waals surface area (Å²) in [6.45, 7) is 7.11. The molecule has 0 atom stereocenters. The van der Waals surface area contributed by atoms with Crippen LogP contribution >= 0.6 is 0 Å². The Bertz CT molecular complexity index is 566. The summed E-state index contributed by atoms with van der Waals surface area (Å²) in [6.07, 6.45) is 5.17. The molecule has 0 spiro atoms. The van der Waals surface area contributed by atoms with Gasteiger partial charge in [-0.05, 0) is 57.8 Å². The van der Waals surface area contributed by atoms with Crippen LogP contribution in [0.4, 0.5) is 5.82 Å². The Kier molecular flexibility index (Phi) is 5.22. The van der Waals surface area contributed by atoms with Crippen LogP contribution in [0.25, 0.3) is 0 Å². The van der Waals surface area contributed by atoms with Crippen LogP contribution in [0, 0.1) is 5.92 Å². The molecule has 0 unspecified atom stereocenters. The number of piperidine rings is 1. The maximum absolute atomic E-state index is 12.0. The first-order chi connectivity index (χ1) is 9.89. The van der Waals surface area contributed by atoms with E-state index in [0.29, 0.717) is 16.6 Å². The third kappa shape index (κ3) is 4.17. The zero-order chi connectivity index (χ0) is 15.5. The second kappa shape index (κ2) is 6.75. The molecular formula is C15H25N3O2S. The lowest BCUT2D eigenvalue weighted by molar-refractivity contribution is 0.366. The standard InChI is InChI=1S/C15H25N3O2S/c1-12(2)18(11-13-6-9-16-10-7-13)15-14(21(3,19)20)5-4-8-17-15/h4-5,8,12-13,16H,6-7,9-11H2,1-3H3. The summed E-state index contributed by atoms with van der Waals surface area (Å²) < 4.78 is 24.0. The van der Waals surface area contributed by atoms with E-state index in [1.54, 1.807) is 18.3 Å². The van der Waals surface area contributed by atoms with E-state index in [-0.39, 0.29) is 6.04 Å². The van der Waals surface area contributed by atoms with Crippen LogP contribution in [0.5, 0.6) is 0 Å². The third-order valence-electron chi connectivity index (χ3n) is 3.96. The van der Waals surface area contributed by atoms with Crippen molar-refractivity contribution in [3.63, 3.8) is 0 Å². The van der Waals surface area contributed by atoms with Gasteiger partial charge in [0.2, 0.25) is 0 Å². The molecule has 1 aromatic rings. The SMILES string of the molecule is CC(C)N(CC1CCNCC1)c1ncccc1S(C)(=O)=O. The molecule has 0 aromatic carbocycles. The van der Waals surface area contributed by atoms with Crippen LogP contribution < -0.4 is 10.2 Å². The van der Waals surface area contributed by atoms with Gasteiger partial charge in [0.05, 0.1) is 0 Å². The van der Waals surface area contributed by atoms with Crippen molar-refractivity contribution in [1.82, 2.24) is 10.3 Å². The number of sulfone groups is 1. The Hall–Kier alpha value is -1.14. The lowest BCUT2D eigenvalue weighted by Gasteiger charge is -2.34. The molecular weight excluding hydrogens is 286 g/mol. The fourth-order valence-electron chi connectivity index (χ4n) is 2.77. The normalized spacial score (nSPS) is 17.1. The number of pyridine rings is 1. The monoisotopic (exact) mass is 311 g/mol. The zero-order valence-electron chi connectivity index (χ0n) is 13.0. The molecule has 0 saturated carbocycles. The highest BCUT2D eigenvalue weighted by atomic mass is 32.2. The van der Waals surface area contributed by atoms with Crippen molar-refractivity contribution >= 4 is 15.7 Å². The van der Waals surface area contributed by atoms with Gasteiger partial charge in [-0.1, -0.05) is 0 Å². The van der Waals surface area contributed by atoms with Gasteiger partial charge in [0.25, 0.3) is 0 Å². The minimum atomic E-state index is -3.27. The van der Waals surface area contributed by atoms with Crippen LogP contribution in [0.1, 0.15) is 26.7 Å². The molecule has 118 valence electrons. The molecule has 0 aliphatic carbocycles. The van der Waals surface area contributed by atoms with Gasteiger partial charge in [0.1, 0.15) is 10.7 Å². The van der Waals surface area contributed by atoms with Crippen molar-refractivity contribution in [3.05, 3.63) is 18.3 Å². The van der Waals surface area contributed by atoms with Crippen molar-refractivity contribution in [2.24, 2.45) is 5.92 Å². The molecule has 0 bridgehead atoms. The van der Waals surface area contributed by atoms with Gasteiger partial charge in [-0.15, -0.1) is 0 Å². The average molecular weight is 311 g/mol. The molecule has 2 heterocycles. The van der Waals surface area contributed by atoms with Crippen molar-refractivity contribution in [2.45, 2.75) is 37.6 Å². The number of hydrogen-bond donors (Lipinski definition) is 1. The second-order valence-corrected chi connectivity index (χ2v) is 8.02. The van der Waals surface area contributed by atoms with E-state index in [9.17, 15) is 8.42 Å². The number of nitrogens with zero attached hydrogens (tertiary/aromatic N) is 2. The van der Waals surface area contributed by atoms with E-state index >= 15 is 0 Å². The molecule has 1 aliphatic rings. The third-order valence-corrected chi connectivity index (χ3v) is 5.08. The van der Waals surface area contributed by atoms with Crippen molar-refractivity contribution in [1.29, 1.82) is 0 Å². The molecule has 6 heteroatoms. The minimum Gasteiger partial charge on any atom is -0.353 e. The van der Waals surface area contributed by atoms with Gasteiger partial charge in [-0.25, -0.2) is 13.4 Å². The van der Waals surface area contributed by atoms with Gasteiger partial charge in [0, 0.05) is 25.0 Å². The molecule has 1 saturated heterocycles. The Morgan fingerprint density at radius 3 is 2.62 bits per heavy atom. The Labute approximate surface area is 127 Å². The maximum Gasteiger partial charge on any atom is 0.179 e. The molecule has 21 heavy (non-hydrogen) atoms. The number of aromatic nitrogens is 1. The fraction of sp³-hybridized carbons (Fsp3) is 0.667. The first-order valence-electron chi connectivity index (χ1n) is 7.52. The zero-order valence-corrected chi connectivity index (χ0v) is 13.9. The Morgan fingerprint density at radius 1 is 1.38 bits per heavy atom. The highest BCUT2D eigenvalue weighted by Crippen LogP contribution is 2.26. The van der Waals surface area contributed by atoms with Crippen LogP contribution in [-0.4, -0.2) is 45.3 Å². The number of nitrogens with one attached hydrogen (secondary N) is 1. The number of hydrogen-bond acceptors (Lipinski definition) is 5. The average Bonchev–Trinajstić information content (AvgIpc) is 2.45. The molecule has 1 aromatic heterocycles. The van der Waals surface area contributed by atoms with Crippen molar-refractivity contribution < 1.29 is 8.42 Å². The maximum atomic E-state index is 12.0. The van der Waals surface area contributed by atoms with Crippen LogP contribution in [0.15, 0.2) is 23.2 Å². The largest absolute Gasteiger partial charge is 0.353 e. The second-order valence-electron chi connectivity index (χ2n) is 6.04. The van der Waals surface area contributed by atoms with Gasteiger partial charge >= 0.3 is 0 Å². The highest BCUT2D eigenvalue weighted by Gasteiger charge is 2.24. The van der Waals surface area contributed by atoms with Crippen molar-refractivity contribution in [2.75, 3.05) is 30.8 Å². The molecule has 2 rings (SSSR count). The predicted molar refractivity (Wildman–Crippen MR) is 85.4 cm³/mol. The van der Waals surface area contributed by atoms with Crippen LogP contribution in [0.2, 0.25) is 0 Å². The van der Waals surface area contributed by atoms with E-state index in [0.717, 1.165) is 32.5 Å². The summed E-state index contributed by atoms with van der Waals surface area (Å²) in [7, 11) is -3.27. The van der Waals surface area contributed by atoms with Gasteiger partial charge in [-0.2, -0.15) is 0 Å². The summed E-state index contributed by atoms with van der Waals surface area (Å²) in [4.78, 5) is 6.82. The topological polar surface area (TPSA) is 62.3 Å². The quantitative estimate of drug-likeness (QED) is 0.897. The Morgan fingerprint density at radius 2 is 2.05 bits per heavy atom. The van der Waals surface area contributed by atoms with E-state index < -0.39 is 9.84 Å². The predicted octanol–water partition coefficient (Wildman–Crippen LogP) is 1.70. The van der Waals surface area contributed by atoms with Gasteiger partial charge in [-0.3, -0.25) is 0 Å². The summed E-state index contributed by atoms with van der Waals surface area (Å²) in [5.74, 6) is 1.18. The first kappa shape index (κ1) is 16.2. The van der Waals surface area contributed by atoms with Crippen LogP contribution in [0.3, 0.4) is 0 Å². The molecule has 1 aliphatic heterocycles. The van der Waals surface area contributed by atoms with Gasteiger partial charge < -0.3 is 10.2 Å². The molecule has 0 amide bonds. The molecule has 1 N–H and O–H groups in total. The minimum absolute atomic E-state index is 0.218. The first-order valence-corrected chi connectivity index (χ1v) is 9.41. The summed E-state index contributed by atoms with van der Waals surface area (Å²) in [5.41, 5.74) is 0. The van der Waals surface area contributed by atoms with E-state index in [2.05, 4.69) is 29.0 Å². The Balaban J connectivity index is 2.30. The van der Waals surface area contributed by atoms with E-state index in [1.807, 2.05) is 0 Å². The fourth-order valence-corrected chi connectivity index (χ4v) is 3.60.